The third-order valence-electron chi connectivity index (χ3n) is 2.79. The first-order chi connectivity index (χ1) is 8.29. The summed E-state index contributed by atoms with van der Waals surface area (Å²) < 4.78 is 11.7. The summed E-state index contributed by atoms with van der Waals surface area (Å²) in [6.07, 6.45) is 2.49. The predicted molar refractivity (Wildman–Crippen MR) is 70.9 cm³/mol. The molecule has 1 fully saturated rings. The van der Waals surface area contributed by atoms with E-state index in [-0.39, 0.29) is 12.4 Å². The number of ether oxygens (including phenoxy) is 2. The Morgan fingerprint density at radius 1 is 1.12 bits per heavy atom. The Labute approximate surface area is 105 Å². The van der Waals surface area contributed by atoms with Crippen molar-refractivity contribution in [1.29, 1.82) is 0 Å². The molecular weight excluding hydrogens is 212 g/mol. The van der Waals surface area contributed by atoms with Gasteiger partial charge in [-0.3, -0.25) is 0 Å². The number of hydrogen-bond acceptors (Lipinski definition) is 2. The molecule has 0 N–H and O–H groups in total. The molecule has 1 saturated heterocycles. The monoisotopic (exact) mass is 236 g/mol. The smallest absolute Gasteiger partial charge is 0.184 e. The van der Waals surface area contributed by atoms with Crippen molar-refractivity contribution in [1.82, 2.24) is 0 Å². The van der Waals surface area contributed by atoms with Crippen LogP contribution in [-0.2, 0) is 9.47 Å². The molecule has 0 radical (unpaired) electrons. The molecule has 0 aromatic heterocycles. The second-order valence-corrected chi connectivity index (χ2v) is 4.09. The predicted octanol–water partition coefficient (Wildman–Crippen LogP) is 4.32. The van der Waals surface area contributed by atoms with Gasteiger partial charge in [-0.05, 0) is 19.8 Å². The van der Waals surface area contributed by atoms with E-state index in [1.54, 1.807) is 0 Å². The summed E-state index contributed by atoms with van der Waals surface area (Å²) in [5.74, 6) is 0. The minimum Gasteiger partial charge on any atom is -0.345 e. The molecule has 0 saturated carbocycles. The first kappa shape index (κ1) is 14.2. The Morgan fingerprint density at radius 3 is 2.35 bits per heavy atom. The van der Waals surface area contributed by atoms with Crippen LogP contribution in [0.2, 0.25) is 0 Å². The fourth-order valence-electron chi connectivity index (χ4n) is 1.93. The molecule has 1 aromatic rings. The SMILES string of the molecule is CC.CCC1CC(C)OC(c2ccccc2)O1. The molecule has 2 nitrogen and oxygen atoms in total. The third-order valence-corrected chi connectivity index (χ3v) is 2.79. The molecule has 1 heterocycles. The highest BCUT2D eigenvalue weighted by atomic mass is 16.7. The van der Waals surface area contributed by atoms with E-state index in [1.165, 1.54) is 0 Å². The lowest BCUT2D eigenvalue weighted by Gasteiger charge is -2.34. The highest BCUT2D eigenvalue weighted by molar-refractivity contribution is 5.16. The summed E-state index contributed by atoms with van der Waals surface area (Å²) in [4.78, 5) is 0. The zero-order valence-corrected chi connectivity index (χ0v) is 11.3. The standard InChI is InChI=1S/C13H18O2.C2H6/c1-3-12-9-10(2)14-13(15-12)11-7-5-4-6-8-11;1-2/h4-8,10,12-13H,3,9H2,1-2H3;1-2H3. The molecule has 3 unspecified atom stereocenters. The molecule has 0 amide bonds. The van der Waals surface area contributed by atoms with Gasteiger partial charge in [-0.1, -0.05) is 51.1 Å². The van der Waals surface area contributed by atoms with Gasteiger partial charge in [0.1, 0.15) is 0 Å². The molecule has 2 heteroatoms. The summed E-state index contributed by atoms with van der Waals surface area (Å²) in [5, 5.41) is 0. The van der Waals surface area contributed by atoms with E-state index >= 15 is 0 Å². The van der Waals surface area contributed by atoms with Crippen molar-refractivity contribution < 1.29 is 9.47 Å². The molecule has 17 heavy (non-hydrogen) atoms. The van der Waals surface area contributed by atoms with E-state index < -0.39 is 0 Å². The van der Waals surface area contributed by atoms with Crippen LogP contribution in [0.25, 0.3) is 0 Å². The van der Waals surface area contributed by atoms with Gasteiger partial charge in [0.05, 0.1) is 12.2 Å². The van der Waals surface area contributed by atoms with E-state index in [0.717, 1.165) is 18.4 Å². The van der Waals surface area contributed by atoms with Crippen molar-refractivity contribution in [2.45, 2.75) is 59.0 Å². The topological polar surface area (TPSA) is 18.5 Å². The van der Waals surface area contributed by atoms with Crippen LogP contribution < -0.4 is 0 Å². The highest BCUT2D eigenvalue weighted by Gasteiger charge is 2.27. The molecule has 1 aliphatic rings. The van der Waals surface area contributed by atoms with Crippen LogP contribution in [0.1, 0.15) is 52.4 Å². The lowest BCUT2D eigenvalue weighted by Crippen LogP contribution is -2.31. The van der Waals surface area contributed by atoms with Gasteiger partial charge in [-0.15, -0.1) is 0 Å². The first-order valence-electron chi connectivity index (χ1n) is 6.65. The fourth-order valence-corrected chi connectivity index (χ4v) is 1.93. The van der Waals surface area contributed by atoms with Crippen molar-refractivity contribution in [2.75, 3.05) is 0 Å². The maximum Gasteiger partial charge on any atom is 0.184 e. The second-order valence-electron chi connectivity index (χ2n) is 4.09. The lowest BCUT2D eigenvalue weighted by molar-refractivity contribution is -0.243. The average Bonchev–Trinajstić information content (AvgIpc) is 2.41. The zero-order chi connectivity index (χ0) is 12.7. The van der Waals surface area contributed by atoms with Crippen molar-refractivity contribution >= 4 is 0 Å². The van der Waals surface area contributed by atoms with E-state index in [0.29, 0.717) is 6.10 Å². The molecular formula is C15H24O2. The molecule has 1 aliphatic heterocycles. The fraction of sp³-hybridized carbons (Fsp3) is 0.600. The molecule has 1 aromatic carbocycles. The second kappa shape index (κ2) is 7.46. The summed E-state index contributed by atoms with van der Waals surface area (Å²) in [5.41, 5.74) is 1.11. The van der Waals surface area contributed by atoms with Crippen LogP contribution in [0.5, 0.6) is 0 Å². The van der Waals surface area contributed by atoms with Crippen molar-refractivity contribution in [2.24, 2.45) is 0 Å². The van der Waals surface area contributed by atoms with Crippen LogP contribution in [-0.4, -0.2) is 12.2 Å². The molecule has 0 spiro atoms. The van der Waals surface area contributed by atoms with Crippen molar-refractivity contribution in [3.8, 4) is 0 Å². The number of hydrogen-bond donors (Lipinski definition) is 0. The van der Waals surface area contributed by atoms with Crippen molar-refractivity contribution in [3.05, 3.63) is 35.9 Å². The summed E-state index contributed by atoms with van der Waals surface area (Å²) in [7, 11) is 0. The Bertz CT molecular complexity index is 297. The van der Waals surface area contributed by atoms with Crippen LogP contribution in [0, 0.1) is 0 Å². The quantitative estimate of drug-likeness (QED) is 0.761. The minimum atomic E-state index is -0.181. The molecule has 2 rings (SSSR count). The molecule has 0 aliphatic carbocycles. The number of rotatable bonds is 2. The Balaban J connectivity index is 0.000000686. The van der Waals surface area contributed by atoms with Gasteiger partial charge in [-0.2, -0.15) is 0 Å². The van der Waals surface area contributed by atoms with E-state index in [1.807, 2.05) is 32.0 Å². The average molecular weight is 236 g/mol. The van der Waals surface area contributed by atoms with Gasteiger partial charge in [0.2, 0.25) is 0 Å². The minimum absolute atomic E-state index is 0.181. The van der Waals surface area contributed by atoms with Gasteiger partial charge < -0.3 is 9.47 Å². The Morgan fingerprint density at radius 2 is 1.76 bits per heavy atom. The highest BCUT2D eigenvalue weighted by Crippen LogP contribution is 2.30. The van der Waals surface area contributed by atoms with Gasteiger partial charge in [0, 0.05) is 5.56 Å². The molecule has 3 atom stereocenters. The summed E-state index contributed by atoms with van der Waals surface area (Å²) in [6.45, 7) is 8.27. The molecule has 96 valence electrons. The van der Waals surface area contributed by atoms with Gasteiger partial charge in [-0.25, -0.2) is 0 Å². The van der Waals surface area contributed by atoms with Crippen LogP contribution in [0.3, 0.4) is 0 Å². The van der Waals surface area contributed by atoms with Crippen LogP contribution in [0.15, 0.2) is 30.3 Å². The molecule has 0 bridgehead atoms. The maximum atomic E-state index is 5.87. The van der Waals surface area contributed by atoms with E-state index in [4.69, 9.17) is 9.47 Å². The van der Waals surface area contributed by atoms with Crippen LogP contribution in [0.4, 0.5) is 0 Å². The van der Waals surface area contributed by atoms with Gasteiger partial charge >= 0.3 is 0 Å². The third kappa shape index (κ3) is 4.14. The van der Waals surface area contributed by atoms with Gasteiger partial charge in [0.15, 0.2) is 6.29 Å². The largest absolute Gasteiger partial charge is 0.345 e. The van der Waals surface area contributed by atoms with E-state index in [2.05, 4.69) is 26.0 Å². The normalized spacial score (nSPS) is 28.1. The zero-order valence-electron chi connectivity index (χ0n) is 11.3. The Hall–Kier alpha value is -0.860. The lowest BCUT2D eigenvalue weighted by atomic mass is 10.1. The Kier molecular flexibility index (Phi) is 6.23. The maximum absolute atomic E-state index is 5.87. The van der Waals surface area contributed by atoms with E-state index in [9.17, 15) is 0 Å². The van der Waals surface area contributed by atoms with Gasteiger partial charge in [0.25, 0.3) is 0 Å². The number of benzene rings is 1. The summed E-state index contributed by atoms with van der Waals surface area (Å²) in [6, 6.07) is 10.1. The summed E-state index contributed by atoms with van der Waals surface area (Å²) >= 11 is 0. The van der Waals surface area contributed by atoms with Crippen LogP contribution >= 0.6 is 0 Å². The first-order valence-corrected chi connectivity index (χ1v) is 6.65. The van der Waals surface area contributed by atoms with Crippen molar-refractivity contribution in [3.63, 3.8) is 0 Å².